The average molecular weight is 403 g/mol. The van der Waals surface area contributed by atoms with E-state index in [4.69, 9.17) is 4.74 Å². The van der Waals surface area contributed by atoms with Crippen molar-refractivity contribution in [1.29, 1.82) is 0 Å². The highest BCUT2D eigenvalue weighted by molar-refractivity contribution is 7.82. The average Bonchev–Trinajstić information content (AvgIpc) is 2.56. The van der Waals surface area contributed by atoms with Gasteiger partial charge in [-0.3, -0.25) is 4.79 Å². The summed E-state index contributed by atoms with van der Waals surface area (Å²) in [5.74, 6) is -0.565. The molecule has 0 aliphatic rings. The minimum atomic E-state index is -5.52. The van der Waals surface area contributed by atoms with Crippen LogP contribution in [0.1, 0.15) is 0 Å². The molecule has 0 aliphatic heterocycles. The fourth-order valence-electron chi connectivity index (χ4n) is 2.72. The van der Waals surface area contributed by atoms with Crippen molar-refractivity contribution in [2.45, 2.75) is 6.36 Å². The number of para-hydroxylation sites is 1. The van der Waals surface area contributed by atoms with Crippen LogP contribution in [0.15, 0.2) is 41.2 Å². The number of fused-ring (bicyclic) bond motifs is 2. The number of pyridine rings is 1. The van der Waals surface area contributed by atoms with Gasteiger partial charge in [0.15, 0.2) is 5.75 Å². The quantitative estimate of drug-likeness (QED) is 0.623. The van der Waals surface area contributed by atoms with Gasteiger partial charge in [0.25, 0.3) is 0 Å². The molecule has 1 heterocycles. The number of aryl methyl sites for hydroxylation is 1. The minimum absolute atomic E-state index is 0.0741. The monoisotopic (exact) mass is 403 g/mol. The first-order valence-corrected chi connectivity index (χ1v) is 8.67. The molecule has 0 spiro atoms. The van der Waals surface area contributed by atoms with Gasteiger partial charge >= 0.3 is 16.8 Å². The molecule has 0 N–H and O–H groups in total. The van der Waals surface area contributed by atoms with Crippen LogP contribution >= 0.6 is 0 Å². The summed E-state index contributed by atoms with van der Waals surface area (Å²) in [6.07, 6.45) is -5.48. The summed E-state index contributed by atoms with van der Waals surface area (Å²) in [6, 6.07) is 8.91. The van der Waals surface area contributed by atoms with Gasteiger partial charge in [0.1, 0.15) is 5.75 Å². The Morgan fingerprint density at radius 3 is 2.37 bits per heavy atom. The topological polar surface area (TPSA) is 83.8 Å². The lowest BCUT2D eigenvalue weighted by Crippen LogP contribution is -2.24. The first-order valence-electron chi connectivity index (χ1n) is 7.33. The third-order valence-electron chi connectivity index (χ3n) is 3.78. The lowest BCUT2D eigenvalue weighted by Gasteiger charge is -2.15. The second kappa shape index (κ2) is 6.43. The van der Waals surface area contributed by atoms with E-state index in [1.807, 2.05) is 0 Å². The van der Waals surface area contributed by atoms with E-state index in [2.05, 4.69) is 8.37 Å². The molecule has 1 aromatic heterocycles. The molecule has 11 heteroatoms. The second-order valence-corrected chi connectivity index (χ2v) is 6.60. The normalized spacial score (nSPS) is 12.5. The van der Waals surface area contributed by atoms with E-state index >= 15 is 0 Å². The summed E-state index contributed by atoms with van der Waals surface area (Å²) in [5, 5.41) is 0.00278. The van der Waals surface area contributed by atoms with Gasteiger partial charge in [0, 0.05) is 24.6 Å². The van der Waals surface area contributed by atoms with E-state index < -0.39 is 27.9 Å². The van der Waals surface area contributed by atoms with Crippen molar-refractivity contribution in [2.75, 3.05) is 7.11 Å². The van der Waals surface area contributed by atoms with Crippen LogP contribution in [0.4, 0.5) is 13.2 Å². The molecule has 0 aliphatic carbocycles. The van der Waals surface area contributed by atoms with Crippen LogP contribution in [0.5, 0.6) is 11.5 Å². The maximum atomic E-state index is 12.8. The summed E-state index contributed by atoms with van der Waals surface area (Å²) in [5.41, 5.74) is 0.123. The Morgan fingerprint density at radius 1 is 1.07 bits per heavy atom. The third-order valence-corrected chi connectivity index (χ3v) is 4.55. The Bertz CT molecular complexity index is 1200. The van der Waals surface area contributed by atoms with Crippen molar-refractivity contribution in [2.24, 2.45) is 7.05 Å². The molecule has 0 radical (unpaired) electrons. The SMILES string of the molecule is COc1cc(OS(=O)(=O)OC(F)(F)F)c2c(=O)c3ccccc3n(C)c2c1. The van der Waals surface area contributed by atoms with E-state index in [1.54, 1.807) is 29.8 Å². The highest BCUT2D eigenvalue weighted by atomic mass is 32.3. The molecule has 3 aromatic rings. The number of hydrogen-bond acceptors (Lipinski definition) is 6. The van der Waals surface area contributed by atoms with E-state index in [0.717, 1.165) is 6.07 Å². The molecule has 0 unspecified atom stereocenters. The van der Waals surface area contributed by atoms with Gasteiger partial charge in [-0.15, -0.1) is 17.4 Å². The standard InChI is InChI=1S/C16H12F3NO6S/c1-20-11-6-4-3-5-10(11)15(21)14-12(20)7-9(24-2)8-13(14)25-27(22,23)26-16(17,18)19/h3-8H,1-2H3. The Balaban J connectivity index is 2.34. The Morgan fingerprint density at radius 2 is 1.74 bits per heavy atom. The van der Waals surface area contributed by atoms with Gasteiger partial charge in [-0.2, -0.15) is 8.42 Å². The summed E-state index contributed by atoms with van der Waals surface area (Å²) in [6.45, 7) is 0. The lowest BCUT2D eigenvalue weighted by molar-refractivity contribution is -0.274. The van der Waals surface area contributed by atoms with E-state index in [0.29, 0.717) is 5.52 Å². The van der Waals surface area contributed by atoms with E-state index in [1.165, 1.54) is 19.2 Å². The fourth-order valence-corrected chi connectivity index (χ4v) is 3.33. The lowest BCUT2D eigenvalue weighted by atomic mass is 10.1. The smallest absolute Gasteiger partial charge is 0.497 e. The zero-order chi connectivity index (χ0) is 20.0. The van der Waals surface area contributed by atoms with Crippen molar-refractivity contribution in [1.82, 2.24) is 4.57 Å². The van der Waals surface area contributed by atoms with Crippen LogP contribution in [0.25, 0.3) is 21.8 Å². The molecule has 144 valence electrons. The molecular weight excluding hydrogens is 391 g/mol. The Hall–Kier alpha value is -2.79. The molecular formula is C16H12F3NO6S. The summed E-state index contributed by atoms with van der Waals surface area (Å²) in [4.78, 5) is 12.8. The molecule has 0 saturated heterocycles. The number of aromatic nitrogens is 1. The zero-order valence-electron chi connectivity index (χ0n) is 13.9. The summed E-state index contributed by atoms with van der Waals surface area (Å²) < 4.78 is 74.2. The van der Waals surface area contributed by atoms with Crippen molar-refractivity contribution < 1.29 is 34.7 Å². The van der Waals surface area contributed by atoms with Gasteiger partial charge in [-0.25, -0.2) is 0 Å². The number of methoxy groups -OCH3 is 1. The number of benzene rings is 2. The first kappa shape index (κ1) is 19.0. The molecule has 27 heavy (non-hydrogen) atoms. The molecule has 0 saturated carbocycles. The van der Waals surface area contributed by atoms with Gasteiger partial charge in [0.2, 0.25) is 5.43 Å². The molecule has 2 aromatic carbocycles. The highest BCUT2D eigenvalue weighted by Gasteiger charge is 2.39. The molecule has 0 fully saturated rings. The first-order chi connectivity index (χ1) is 12.5. The molecule has 0 bridgehead atoms. The van der Waals surface area contributed by atoms with E-state index in [9.17, 15) is 26.4 Å². The second-order valence-electron chi connectivity index (χ2n) is 5.45. The van der Waals surface area contributed by atoms with Gasteiger partial charge < -0.3 is 13.5 Å². The van der Waals surface area contributed by atoms with Crippen LogP contribution in [-0.4, -0.2) is 26.5 Å². The maximum Gasteiger partial charge on any atom is 0.539 e. The molecule has 7 nitrogen and oxygen atoms in total. The number of halogens is 3. The Kier molecular flexibility index (Phi) is 4.52. The summed E-state index contributed by atoms with van der Waals surface area (Å²) in [7, 11) is -2.65. The predicted octanol–water partition coefficient (Wildman–Crippen LogP) is 2.86. The number of hydrogen-bond donors (Lipinski definition) is 0. The highest BCUT2D eigenvalue weighted by Crippen LogP contribution is 2.33. The van der Waals surface area contributed by atoms with Crippen LogP contribution in [-0.2, 0) is 21.6 Å². The van der Waals surface area contributed by atoms with Crippen LogP contribution in [0.3, 0.4) is 0 Å². The number of nitrogens with zero attached hydrogens (tertiary/aromatic N) is 1. The molecule has 0 amide bonds. The van der Waals surface area contributed by atoms with Gasteiger partial charge in [-0.05, 0) is 12.1 Å². The van der Waals surface area contributed by atoms with Crippen LogP contribution in [0.2, 0.25) is 0 Å². The van der Waals surface area contributed by atoms with E-state index in [-0.39, 0.29) is 22.0 Å². The van der Waals surface area contributed by atoms with Gasteiger partial charge in [-0.1, -0.05) is 12.1 Å². The van der Waals surface area contributed by atoms with Crippen LogP contribution in [0, 0.1) is 0 Å². The van der Waals surface area contributed by atoms with Gasteiger partial charge in [0.05, 0.1) is 23.5 Å². The third kappa shape index (κ3) is 3.69. The maximum absolute atomic E-state index is 12.8. The number of rotatable bonds is 4. The minimum Gasteiger partial charge on any atom is -0.497 e. The van der Waals surface area contributed by atoms with Crippen molar-refractivity contribution >= 4 is 32.2 Å². The molecule has 0 atom stereocenters. The number of alkyl halides is 3. The summed E-state index contributed by atoms with van der Waals surface area (Å²) >= 11 is 0. The predicted molar refractivity (Wildman–Crippen MR) is 89.9 cm³/mol. The Labute approximate surface area is 150 Å². The molecule has 3 rings (SSSR count). The van der Waals surface area contributed by atoms with Crippen molar-refractivity contribution in [3.05, 3.63) is 46.6 Å². The largest absolute Gasteiger partial charge is 0.539 e. The zero-order valence-corrected chi connectivity index (χ0v) is 14.7. The van der Waals surface area contributed by atoms with Crippen molar-refractivity contribution in [3.8, 4) is 11.5 Å². The number of ether oxygens (including phenoxy) is 1. The van der Waals surface area contributed by atoms with Crippen molar-refractivity contribution in [3.63, 3.8) is 0 Å². The fraction of sp³-hybridized carbons (Fsp3) is 0.188. The van der Waals surface area contributed by atoms with Crippen LogP contribution < -0.4 is 14.3 Å².